The summed E-state index contributed by atoms with van der Waals surface area (Å²) in [7, 11) is 0. The maximum atomic E-state index is 4.47. The molecule has 1 atom stereocenters. The minimum Gasteiger partial charge on any atom is -0.301 e. The van der Waals surface area contributed by atoms with E-state index in [9.17, 15) is 0 Å². The van der Waals surface area contributed by atoms with Crippen LogP contribution >= 0.6 is 0 Å². The summed E-state index contributed by atoms with van der Waals surface area (Å²) in [5.41, 5.74) is 0. The summed E-state index contributed by atoms with van der Waals surface area (Å²) in [6, 6.07) is 0.845. The fraction of sp³-hybridized carbons (Fsp3) is 0.941. The standard InChI is InChI=1S/C17H32N6/c1-4-21-10-12-22(13-11-21)16(14(2)3)17-18-19-20-23(17)15-8-6-5-7-9-15/h14-16H,4-13H2,1-3H3/t16-/m0/s1. The van der Waals surface area contributed by atoms with Crippen molar-refractivity contribution in [2.45, 2.75) is 65.0 Å². The van der Waals surface area contributed by atoms with E-state index in [0.29, 0.717) is 18.0 Å². The molecular weight excluding hydrogens is 288 g/mol. The predicted molar refractivity (Wildman–Crippen MR) is 91.2 cm³/mol. The van der Waals surface area contributed by atoms with Gasteiger partial charge in [0.2, 0.25) is 0 Å². The monoisotopic (exact) mass is 320 g/mol. The van der Waals surface area contributed by atoms with Crippen molar-refractivity contribution in [2.24, 2.45) is 5.92 Å². The van der Waals surface area contributed by atoms with Gasteiger partial charge in [-0.2, -0.15) is 0 Å². The molecule has 1 aromatic heterocycles. The molecule has 2 heterocycles. The van der Waals surface area contributed by atoms with E-state index in [0.717, 1.165) is 38.5 Å². The number of aromatic nitrogens is 4. The van der Waals surface area contributed by atoms with E-state index >= 15 is 0 Å². The highest BCUT2D eigenvalue weighted by atomic mass is 15.6. The molecule has 2 aliphatic rings. The summed E-state index contributed by atoms with van der Waals surface area (Å²) < 4.78 is 2.16. The molecule has 0 N–H and O–H groups in total. The molecule has 1 aliphatic carbocycles. The van der Waals surface area contributed by atoms with E-state index in [1.807, 2.05) is 0 Å². The predicted octanol–water partition coefficient (Wildman–Crippen LogP) is 2.51. The fourth-order valence-corrected chi connectivity index (χ4v) is 4.22. The second-order valence-electron chi connectivity index (χ2n) is 7.43. The Labute approximate surface area is 140 Å². The Morgan fingerprint density at radius 1 is 1.04 bits per heavy atom. The second kappa shape index (κ2) is 7.71. The molecule has 2 fully saturated rings. The third kappa shape index (κ3) is 3.74. The van der Waals surface area contributed by atoms with Gasteiger partial charge in [0.15, 0.2) is 5.82 Å². The van der Waals surface area contributed by atoms with Crippen LogP contribution in [0.25, 0.3) is 0 Å². The Bertz CT molecular complexity index is 471. The van der Waals surface area contributed by atoms with Crippen LogP contribution in [0.2, 0.25) is 0 Å². The molecule has 1 saturated heterocycles. The largest absolute Gasteiger partial charge is 0.301 e. The van der Waals surface area contributed by atoms with Gasteiger partial charge in [0.25, 0.3) is 0 Å². The van der Waals surface area contributed by atoms with Crippen molar-refractivity contribution in [1.82, 2.24) is 30.0 Å². The molecule has 0 bridgehead atoms. The number of rotatable bonds is 5. The number of nitrogens with zero attached hydrogens (tertiary/aromatic N) is 6. The molecule has 0 amide bonds. The summed E-state index contributed by atoms with van der Waals surface area (Å²) in [5, 5.41) is 12.9. The van der Waals surface area contributed by atoms with Crippen LogP contribution in [0.1, 0.15) is 70.8 Å². The average Bonchev–Trinajstić information content (AvgIpc) is 3.05. The maximum Gasteiger partial charge on any atom is 0.168 e. The van der Waals surface area contributed by atoms with Crippen LogP contribution in [0.15, 0.2) is 0 Å². The highest BCUT2D eigenvalue weighted by Gasteiger charge is 2.33. The van der Waals surface area contributed by atoms with Gasteiger partial charge in [-0.15, -0.1) is 5.10 Å². The van der Waals surface area contributed by atoms with Crippen molar-refractivity contribution in [3.63, 3.8) is 0 Å². The molecule has 130 valence electrons. The molecule has 1 aliphatic heterocycles. The molecule has 0 aromatic carbocycles. The second-order valence-corrected chi connectivity index (χ2v) is 7.43. The summed E-state index contributed by atoms with van der Waals surface area (Å²) in [6.45, 7) is 12.6. The van der Waals surface area contributed by atoms with Crippen LogP contribution < -0.4 is 0 Å². The lowest BCUT2D eigenvalue weighted by Gasteiger charge is -2.40. The zero-order chi connectivity index (χ0) is 16.2. The molecule has 0 radical (unpaired) electrons. The Hall–Kier alpha value is -1.01. The van der Waals surface area contributed by atoms with Crippen molar-refractivity contribution in [3.8, 4) is 0 Å². The number of likely N-dealkylation sites (N-methyl/N-ethyl adjacent to an activating group) is 1. The van der Waals surface area contributed by atoms with Gasteiger partial charge in [0, 0.05) is 26.2 Å². The summed E-state index contributed by atoms with van der Waals surface area (Å²) in [5.74, 6) is 1.62. The first-order valence-electron chi connectivity index (χ1n) is 9.45. The van der Waals surface area contributed by atoms with Crippen LogP contribution in [-0.4, -0.2) is 62.7 Å². The van der Waals surface area contributed by atoms with E-state index in [1.54, 1.807) is 0 Å². The molecule has 23 heavy (non-hydrogen) atoms. The number of hydrogen-bond acceptors (Lipinski definition) is 5. The molecule has 1 aromatic rings. The fourth-order valence-electron chi connectivity index (χ4n) is 4.22. The van der Waals surface area contributed by atoms with Crippen molar-refractivity contribution < 1.29 is 0 Å². The van der Waals surface area contributed by atoms with Crippen LogP contribution in [-0.2, 0) is 0 Å². The summed E-state index contributed by atoms with van der Waals surface area (Å²) in [6.07, 6.45) is 6.44. The van der Waals surface area contributed by atoms with Crippen molar-refractivity contribution in [3.05, 3.63) is 5.82 Å². The van der Waals surface area contributed by atoms with Gasteiger partial charge >= 0.3 is 0 Å². The minimum absolute atomic E-state index is 0.339. The van der Waals surface area contributed by atoms with Crippen LogP contribution in [0.5, 0.6) is 0 Å². The normalized spacial score (nSPS) is 23.5. The minimum atomic E-state index is 0.339. The topological polar surface area (TPSA) is 50.1 Å². The zero-order valence-corrected chi connectivity index (χ0v) is 15.0. The molecule has 6 heteroatoms. The lowest BCUT2D eigenvalue weighted by molar-refractivity contribution is 0.0703. The Kier molecular flexibility index (Phi) is 5.64. The molecule has 6 nitrogen and oxygen atoms in total. The first-order chi connectivity index (χ1) is 11.2. The molecule has 3 rings (SSSR count). The van der Waals surface area contributed by atoms with E-state index in [1.165, 1.54) is 32.1 Å². The molecule has 0 unspecified atom stereocenters. The summed E-state index contributed by atoms with van der Waals surface area (Å²) >= 11 is 0. The van der Waals surface area contributed by atoms with Crippen molar-refractivity contribution >= 4 is 0 Å². The van der Waals surface area contributed by atoms with Crippen molar-refractivity contribution in [2.75, 3.05) is 32.7 Å². The quantitative estimate of drug-likeness (QED) is 0.834. The third-order valence-corrected chi connectivity index (χ3v) is 5.58. The van der Waals surface area contributed by atoms with E-state index in [4.69, 9.17) is 0 Å². The maximum absolute atomic E-state index is 4.47. The van der Waals surface area contributed by atoms with Crippen LogP contribution in [0.3, 0.4) is 0 Å². The number of hydrogen-bond donors (Lipinski definition) is 0. The third-order valence-electron chi connectivity index (χ3n) is 5.58. The Balaban J connectivity index is 1.78. The average molecular weight is 320 g/mol. The van der Waals surface area contributed by atoms with Gasteiger partial charge in [-0.3, -0.25) is 4.90 Å². The van der Waals surface area contributed by atoms with E-state index < -0.39 is 0 Å². The van der Waals surface area contributed by atoms with Gasteiger partial charge in [-0.25, -0.2) is 4.68 Å². The smallest absolute Gasteiger partial charge is 0.168 e. The van der Waals surface area contributed by atoms with Gasteiger partial charge < -0.3 is 4.90 Å². The van der Waals surface area contributed by atoms with Gasteiger partial charge in [-0.05, 0) is 35.7 Å². The Morgan fingerprint density at radius 3 is 2.35 bits per heavy atom. The molecule has 1 saturated carbocycles. The first-order valence-corrected chi connectivity index (χ1v) is 9.45. The van der Waals surface area contributed by atoms with Crippen LogP contribution in [0.4, 0.5) is 0 Å². The zero-order valence-electron chi connectivity index (χ0n) is 15.0. The first kappa shape index (κ1) is 16.8. The van der Waals surface area contributed by atoms with E-state index in [2.05, 4.69) is 50.8 Å². The highest BCUT2D eigenvalue weighted by molar-refractivity contribution is 4.98. The van der Waals surface area contributed by atoms with Crippen molar-refractivity contribution in [1.29, 1.82) is 0 Å². The van der Waals surface area contributed by atoms with Gasteiger partial charge in [0.05, 0.1) is 12.1 Å². The molecular formula is C17H32N6. The van der Waals surface area contributed by atoms with Crippen LogP contribution in [0, 0.1) is 5.92 Å². The number of tetrazole rings is 1. The summed E-state index contributed by atoms with van der Waals surface area (Å²) in [4.78, 5) is 5.12. The lowest BCUT2D eigenvalue weighted by Crippen LogP contribution is -2.49. The van der Waals surface area contributed by atoms with Gasteiger partial charge in [0.1, 0.15) is 0 Å². The Morgan fingerprint density at radius 2 is 1.74 bits per heavy atom. The van der Waals surface area contributed by atoms with Gasteiger partial charge in [-0.1, -0.05) is 40.0 Å². The SMILES string of the molecule is CCN1CCN([C@H](c2nnnn2C2CCCCC2)C(C)C)CC1. The van der Waals surface area contributed by atoms with E-state index in [-0.39, 0.29) is 0 Å². The highest BCUT2D eigenvalue weighted by Crippen LogP contribution is 2.33. The lowest BCUT2D eigenvalue weighted by atomic mass is 9.94. The number of piperazine rings is 1. The molecule has 0 spiro atoms.